The Morgan fingerprint density at radius 2 is 2.00 bits per heavy atom. The first-order valence-electron chi connectivity index (χ1n) is 6.22. The number of nitrogens with zero attached hydrogens (tertiary/aromatic N) is 1. The molecular formula is C16H15ClN2O. The summed E-state index contributed by atoms with van der Waals surface area (Å²) in [7, 11) is 0. The first kappa shape index (κ1) is 14.3. The van der Waals surface area contributed by atoms with Gasteiger partial charge in [-0.2, -0.15) is 5.10 Å². The molecule has 102 valence electrons. The molecule has 0 fully saturated rings. The van der Waals surface area contributed by atoms with Crippen molar-refractivity contribution in [3.8, 4) is 0 Å². The summed E-state index contributed by atoms with van der Waals surface area (Å²) in [6.45, 7) is 4.04. The van der Waals surface area contributed by atoms with Crippen molar-refractivity contribution in [2.24, 2.45) is 5.10 Å². The number of carbonyl (C=O) groups is 1. The fourth-order valence-corrected chi connectivity index (χ4v) is 2.02. The Morgan fingerprint density at radius 1 is 1.20 bits per heavy atom. The number of halogens is 1. The van der Waals surface area contributed by atoms with Crippen LogP contribution in [-0.2, 0) is 0 Å². The maximum absolute atomic E-state index is 11.8. The second-order valence-corrected chi connectivity index (χ2v) is 5.01. The van der Waals surface area contributed by atoms with Crippen LogP contribution >= 0.6 is 11.6 Å². The fourth-order valence-electron chi connectivity index (χ4n) is 1.83. The summed E-state index contributed by atoms with van der Waals surface area (Å²) in [5, 5.41) is 4.49. The molecule has 0 saturated carbocycles. The molecule has 0 aliphatic carbocycles. The second kappa shape index (κ2) is 6.35. The zero-order valence-corrected chi connectivity index (χ0v) is 12.1. The van der Waals surface area contributed by atoms with Gasteiger partial charge in [-0.3, -0.25) is 4.79 Å². The van der Waals surface area contributed by atoms with E-state index in [1.165, 1.54) is 5.56 Å². The van der Waals surface area contributed by atoms with E-state index in [1.807, 2.05) is 26.0 Å². The van der Waals surface area contributed by atoms with Crippen LogP contribution in [0.25, 0.3) is 0 Å². The number of hydrogen-bond donors (Lipinski definition) is 1. The Morgan fingerprint density at radius 3 is 2.70 bits per heavy atom. The van der Waals surface area contributed by atoms with Crippen LogP contribution in [0.2, 0.25) is 5.02 Å². The van der Waals surface area contributed by atoms with Gasteiger partial charge in [-0.25, -0.2) is 5.43 Å². The number of aryl methyl sites for hydroxylation is 2. The van der Waals surface area contributed by atoms with Crippen LogP contribution in [0.1, 0.15) is 27.0 Å². The molecule has 0 radical (unpaired) electrons. The van der Waals surface area contributed by atoms with Crippen molar-refractivity contribution in [1.82, 2.24) is 5.43 Å². The molecule has 0 saturated heterocycles. The number of rotatable bonds is 3. The molecule has 0 unspecified atom stereocenters. The largest absolute Gasteiger partial charge is 0.271 e. The molecule has 0 bridgehead atoms. The Kier molecular flexibility index (Phi) is 4.53. The van der Waals surface area contributed by atoms with Gasteiger partial charge in [0.15, 0.2) is 0 Å². The number of hydrogen-bond acceptors (Lipinski definition) is 2. The molecule has 2 aromatic carbocycles. The quantitative estimate of drug-likeness (QED) is 0.678. The summed E-state index contributed by atoms with van der Waals surface area (Å²) in [6, 6.07) is 12.8. The summed E-state index contributed by atoms with van der Waals surface area (Å²) in [4.78, 5) is 11.8. The van der Waals surface area contributed by atoms with Crippen LogP contribution in [0.3, 0.4) is 0 Å². The van der Waals surface area contributed by atoms with E-state index in [1.54, 1.807) is 30.5 Å². The molecule has 0 atom stereocenters. The van der Waals surface area contributed by atoms with Crippen LogP contribution in [-0.4, -0.2) is 12.1 Å². The van der Waals surface area contributed by atoms with Gasteiger partial charge in [-0.15, -0.1) is 0 Å². The van der Waals surface area contributed by atoms with E-state index < -0.39 is 0 Å². The number of hydrazone groups is 1. The summed E-state index contributed by atoms with van der Waals surface area (Å²) in [5.74, 6) is -0.284. The smallest absolute Gasteiger partial charge is 0.267 e. The van der Waals surface area contributed by atoms with E-state index >= 15 is 0 Å². The van der Waals surface area contributed by atoms with E-state index in [0.717, 1.165) is 11.1 Å². The summed E-state index contributed by atoms with van der Waals surface area (Å²) < 4.78 is 0. The Hall–Kier alpha value is -2.13. The Balaban J connectivity index is 2.04. The van der Waals surface area contributed by atoms with Gasteiger partial charge in [-0.05, 0) is 43.2 Å². The third-order valence-electron chi connectivity index (χ3n) is 2.88. The van der Waals surface area contributed by atoms with Gasteiger partial charge in [0.2, 0.25) is 0 Å². The van der Waals surface area contributed by atoms with Crippen molar-refractivity contribution in [3.63, 3.8) is 0 Å². The number of carbonyl (C=O) groups excluding carboxylic acids is 1. The SMILES string of the molecule is Cc1ccc(/C=N\NC(=O)c2cccc(Cl)c2)c(C)c1. The monoisotopic (exact) mass is 286 g/mol. The molecule has 3 nitrogen and oxygen atoms in total. The zero-order valence-electron chi connectivity index (χ0n) is 11.4. The Bertz CT molecular complexity index is 665. The van der Waals surface area contributed by atoms with Crippen LogP contribution in [0.4, 0.5) is 0 Å². The van der Waals surface area contributed by atoms with E-state index in [4.69, 9.17) is 11.6 Å². The standard InChI is InChI=1S/C16H15ClN2O/c1-11-6-7-14(12(2)8-11)10-18-19-16(20)13-4-3-5-15(17)9-13/h3-10H,1-2H3,(H,19,20)/b18-10-. The van der Waals surface area contributed by atoms with Crippen molar-refractivity contribution in [3.05, 3.63) is 69.7 Å². The van der Waals surface area contributed by atoms with Crippen molar-refractivity contribution < 1.29 is 4.79 Å². The number of amides is 1. The highest BCUT2D eigenvalue weighted by molar-refractivity contribution is 6.30. The van der Waals surface area contributed by atoms with Gasteiger partial charge in [0.05, 0.1) is 6.21 Å². The molecule has 0 aliphatic rings. The molecule has 2 rings (SSSR count). The average Bonchev–Trinajstić information content (AvgIpc) is 2.41. The third kappa shape index (κ3) is 3.68. The van der Waals surface area contributed by atoms with Gasteiger partial charge in [0, 0.05) is 10.6 Å². The lowest BCUT2D eigenvalue weighted by Crippen LogP contribution is -2.17. The van der Waals surface area contributed by atoms with Crippen LogP contribution in [0.15, 0.2) is 47.6 Å². The van der Waals surface area contributed by atoms with E-state index in [0.29, 0.717) is 10.6 Å². The second-order valence-electron chi connectivity index (χ2n) is 4.57. The van der Waals surface area contributed by atoms with Crippen LogP contribution in [0.5, 0.6) is 0 Å². The van der Waals surface area contributed by atoms with Gasteiger partial charge in [-0.1, -0.05) is 41.4 Å². The first-order chi connectivity index (χ1) is 9.56. The molecule has 0 aliphatic heterocycles. The molecule has 4 heteroatoms. The van der Waals surface area contributed by atoms with Crippen molar-refractivity contribution in [2.45, 2.75) is 13.8 Å². The normalized spacial score (nSPS) is 10.8. The average molecular weight is 287 g/mol. The van der Waals surface area contributed by atoms with Gasteiger partial charge in [0.25, 0.3) is 5.91 Å². The molecule has 2 aromatic rings. The Labute approximate surface area is 123 Å². The molecule has 1 N–H and O–H groups in total. The van der Waals surface area contributed by atoms with Gasteiger partial charge >= 0.3 is 0 Å². The maximum atomic E-state index is 11.8. The van der Waals surface area contributed by atoms with Crippen molar-refractivity contribution >= 4 is 23.7 Å². The maximum Gasteiger partial charge on any atom is 0.271 e. The summed E-state index contributed by atoms with van der Waals surface area (Å²) >= 11 is 5.84. The fraction of sp³-hybridized carbons (Fsp3) is 0.125. The van der Waals surface area contributed by atoms with E-state index in [9.17, 15) is 4.79 Å². The van der Waals surface area contributed by atoms with Gasteiger partial charge < -0.3 is 0 Å². The highest BCUT2D eigenvalue weighted by Crippen LogP contribution is 2.10. The summed E-state index contributed by atoms with van der Waals surface area (Å²) in [5.41, 5.74) is 6.26. The highest BCUT2D eigenvalue weighted by atomic mass is 35.5. The minimum absolute atomic E-state index is 0.284. The summed E-state index contributed by atoms with van der Waals surface area (Å²) in [6.07, 6.45) is 1.64. The lowest BCUT2D eigenvalue weighted by molar-refractivity contribution is 0.0955. The minimum atomic E-state index is -0.284. The number of nitrogens with one attached hydrogen (secondary N) is 1. The molecular weight excluding hydrogens is 272 g/mol. The third-order valence-corrected chi connectivity index (χ3v) is 3.12. The molecule has 1 amide bonds. The van der Waals surface area contributed by atoms with Crippen LogP contribution in [0, 0.1) is 13.8 Å². The molecule has 0 aromatic heterocycles. The minimum Gasteiger partial charge on any atom is -0.267 e. The molecule has 0 heterocycles. The lowest BCUT2D eigenvalue weighted by atomic mass is 10.1. The van der Waals surface area contributed by atoms with Gasteiger partial charge in [0.1, 0.15) is 0 Å². The highest BCUT2D eigenvalue weighted by Gasteiger charge is 2.04. The van der Waals surface area contributed by atoms with E-state index in [2.05, 4.69) is 16.6 Å². The van der Waals surface area contributed by atoms with Crippen molar-refractivity contribution in [2.75, 3.05) is 0 Å². The predicted octanol–water partition coefficient (Wildman–Crippen LogP) is 3.72. The molecule has 0 spiro atoms. The first-order valence-corrected chi connectivity index (χ1v) is 6.60. The topological polar surface area (TPSA) is 41.5 Å². The zero-order chi connectivity index (χ0) is 14.5. The van der Waals surface area contributed by atoms with Crippen molar-refractivity contribution in [1.29, 1.82) is 0 Å². The predicted molar refractivity (Wildman–Crippen MR) is 82.4 cm³/mol. The lowest BCUT2D eigenvalue weighted by Gasteiger charge is -2.02. The van der Waals surface area contributed by atoms with Crippen LogP contribution < -0.4 is 5.43 Å². The molecule has 20 heavy (non-hydrogen) atoms. The number of benzene rings is 2. The van der Waals surface area contributed by atoms with E-state index in [-0.39, 0.29) is 5.91 Å².